The molecule has 3 N–H and O–H groups in total. The first-order chi connectivity index (χ1) is 19.5. The van der Waals surface area contributed by atoms with Crippen LogP contribution in [0.4, 0.5) is 5.82 Å². The lowest BCUT2D eigenvalue weighted by molar-refractivity contribution is -0.130. The molecule has 2 aliphatic heterocycles. The summed E-state index contributed by atoms with van der Waals surface area (Å²) in [5.41, 5.74) is -2.46. The predicted octanol–water partition coefficient (Wildman–Crippen LogP) is 3.54. The molecule has 0 amide bonds. The Kier molecular flexibility index (Phi) is 6.02. The number of aromatic nitrogens is 2. The largest absolute Gasteiger partial charge is 0.506 e. The fourth-order valence-corrected chi connectivity index (χ4v) is 6.45. The molecule has 6 rings (SSSR count). The molecule has 3 atom stereocenters. The summed E-state index contributed by atoms with van der Waals surface area (Å²) in [6.45, 7) is 1.70. The number of carbonyl (C=O) groups excluding carboxylic acids is 2. The molecule has 1 aliphatic carbocycles. The van der Waals surface area contributed by atoms with Gasteiger partial charge in [0.05, 0.1) is 24.8 Å². The molecule has 0 saturated carbocycles. The molecular weight excluding hydrogens is 577 g/mol. The Morgan fingerprint density at radius 2 is 1.78 bits per heavy atom. The van der Waals surface area contributed by atoms with E-state index in [4.69, 9.17) is 37.4 Å². The van der Waals surface area contributed by atoms with Crippen molar-refractivity contribution in [3.63, 3.8) is 0 Å². The van der Waals surface area contributed by atoms with Crippen molar-refractivity contribution in [2.45, 2.75) is 24.9 Å². The molecule has 13 heteroatoms. The van der Waals surface area contributed by atoms with Crippen LogP contribution in [0.1, 0.15) is 40.7 Å². The number of methoxy groups -OCH3 is 2. The SMILES string of the molecule is COc1cc(OC)c2c(c1Cl)OC1(C(=O)C3=C(CC1C)Nc1c(c(=O)[nH]c(=O)n1C)C3c1ccc(O)c(Cl)c1)C2=O. The van der Waals surface area contributed by atoms with Gasteiger partial charge in [-0.05, 0) is 24.1 Å². The summed E-state index contributed by atoms with van der Waals surface area (Å²) < 4.78 is 18.3. The average molecular weight is 600 g/mol. The number of rotatable bonds is 3. The number of hydrogen-bond acceptors (Lipinski definition) is 9. The molecule has 41 heavy (non-hydrogen) atoms. The van der Waals surface area contributed by atoms with Crippen LogP contribution >= 0.6 is 23.2 Å². The van der Waals surface area contributed by atoms with E-state index in [1.807, 2.05) is 0 Å². The van der Waals surface area contributed by atoms with E-state index in [9.17, 15) is 24.3 Å². The molecule has 0 saturated heterocycles. The highest BCUT2D eigenvalue weighted by Crippen LogP contribution is 2.56. The normalized spacial score (nSPS) is 22.6. The lowest BCUT2D eigenvalue weighted by Gasteiger charge is -2.42. The molecule has 0 radical (unpaired) electrons. The number of allylic oxidation sites excluding steroid dienone is 1. The highest BCUT2D eigenvalue weighted by atomic mass is 35.5. The monoisotopic (exact) mass is 599 g/mol. The number of fused-ring (bicyclic) bond motifs is 2. The number of aromatic hydroxyl groups is 1. The number of ketones is 2. The highest BCUT2D eigenvalue weighted by Gasteiger charge is 2.63. The van der Waals surface area contributed by atoms with E-state index in [-0.39, 0.29) is 62.0 Å². The number of benzene rings is 2. The predicted molar refractivity (Wildman–Crippen MR) is 149 cm³/mol. The number of phenols is 1. The molecule has 0 bridgehead atoms. The number of aromatic amines is 1. The van der Waals surface area contributed by atoms with Gasteiger partial charge in [0.2, 0.25) is 17.2 Å². The number of Topliss-reactive ketones (excluding diaryl/α,β-unsaturated/α-hetero) is 2. The number of nitrogens with one attached hydrogen (secondary N) is 2. The van der Waals surface area contributed by atoms with Crippen LogP contribution < -0.4 is 30.8 Å². The Morgan fingerprint density at radius 1 is 1.07 bits per heavy atom. The Bertz CT molecular complexity index is 1860. The minimum absolute atomic E-state index is 0.00808. The van der Waals surface area contributed by atoms with E-state index in [0.29, 0.717) is 11.3 Å². The fraction of sp³-hybridized carbons (Fsp3) is 0.286. The van der Waals surface area contributed by atoms with E-state index in [0.717, 1.165) is 0 Å². The van der Waals surface area contributed by atoms with Crippen molar-refractivity contribution < 1.29 is 28.9 Å². The summed E-state index contributed by atoms with van der Waals surface area (Å²) >= 11 is 12.8. The first-order valence-corrected chi connectivity index (χ1v) is 13.3. The molecule has 3 heterocycles. The minimum atomic E-state index is -2.03. The zero-order valence-corrected chi connectivity index (χ0v) is 23.7. The first kappa shape index (κ1) is 27.0. The summed E-state index contributed by atoms with van der Waals surface area (Å²) in [5, 5.41) is 13.2. The smallest absolute Gasteiger partial charge is 0.329 e. The summed E-state index contributed by atoms with van der Waals surface area (Å²) in [5.74, 6) is -2.83. The third-order valence-electron chi connectivity index (χ3n) is 8.04. The summed E-state index contributed by atoms with van der Waals surface area (Å²) in [6.07, 6.45) is 0.140. The second kappa shape index (κ2) is 9.15. The van der Waals surface area contributed by atoms with Crippen LogP contribution in [0.3, 0.4) is 0 Å². The molecule has 0 fully saturated rings. The van der Waals surface area contributed by atoms with Crippen molar-refractivity contribution in [1.82, 2.24) is 9.55 Å². The maximum atomic E-state index is 14.7. The van der Waals surface area contributed by atoms with Crippen LogP contribution in [0.5, 0.6) is 23.0 Å². The maximum Gasteiger partial charge on any atom is 0.329 e. The molecule has 2 aromatic carbocycles. The van der Waals surface area contributed by atoms with Crippen LogP contribution in [-0.4, -0.2) is 46.0 Å². The standard InChI is InChI=1S/C28H23Cl2N3O8/c1-10-7-13-18(23(35)28(10)24(36)19-15(39-3)9-16(40-4)21(30)22(19)41-28)17(11-5-6-14(34)12(29)8-11)20-25(31-13)33(2)27(38)32-26(20)37/h5-6,8-10,17,31,34H,7H2,1-4H3,(H,32,37,38). The van der Waals surface area contributed by atoms with Gasteiger partial charge < -0.3 is 24.6 Å². The number of anilines is 1. The van der Waals surface area contributed by atoms with Gasteiger partial charge in [-0.2, -0.15) is 0 Å². The van der Waals surface area contributed by atoms with Crippen LogP contribution in [0.15, 0.2) is 45.1 Å². The quantitative estimate of drug-likeness (QED) is 0.384. The van der Waals surface area contributed by atoms with Crippen LogP contribution in [0.25, 0.3) is 0 Å². The second-order valence-electron chi connectivity index (χ2n) is 10.1. The Labute approximate surface area is 242 Å². The van der Waals surface area contributed by atoms with Gasteiger partial charge in [0, 0.05) is 36.2 Å². The number of halogens is 2. The van der Waals surface area contributed by atoms with Crippen molar-refractivity contribution in [1.29, 1.82) is 0 Å². The van der Waals surface area contributed by atoms with Gasteiger partial charge in [0.15, 0.2) is 5.75 Å². The van der Waals surface area contributed by atoms with Crippen molar-refractivity contribution in [2.24, 2.45) is 13.0 Å². The Hall–Kier alpha value is -4.22. The van der Waals surface area contributed by atoms with Crippen LogP contribution in [-0.2, 0) is 11.8 Å². The molecule has 11 nitrogen and oxygen atoms in total. The second-order valence-corrected chi connectivity index (χ2v) is 10.9. The molecule has 3 aromatic rings. The number of carbonyl (C=O) groups is 2. The van der Waals surface area contributed by atoms with Crippen molar-refractivity contribution in [3.8, 4) is 23.0 Å². The van der Waals surface area contributed by atoms with Crippen LogP contribution in [0, 0.1) is 5.92 Å². The van der Waals surface area contributed by atoms with Gasteiger partial charge in [-0.25, -0.2) is 4.79 Å². The summed E-state index contributed by atoms with van der Waals surface area (Å²) in [4.78, 5) is 57.0. The number of nitrogens with zero attached hydrogens (tertiary/aromatic N) is 1. The molecule has 212 valence electrons. The third-order valence-corrected chi connectivity index (χ3v) is 8.70. The maximum absolute atomic E-state index is 14.7. The first-order valence-electron chi connectivity index (χ1n) is 12.5. The lowest BCUT2D eigenvalue weighted by Crippen LogP contribution is -2.58. The Morgan fingerprint density at radius 3 is 2.44 bits per heavy atom. The topological polar surface area (TPSA) is 149 Å². The van der Waals surface area contributed by atoms with Gasteiger partial charge in [0.1, 0.15) is 33.7 Å². The van der Waals surface area contributed by atoms with Gasteiger partial charge in [-0.3, -0.25) is 23.9 Å². The molecular formula is C28H23Cl2N3O8. The zero-order valence-electron chi connectivity index (χ0n) is 22.2. The molecule has 1 aromatic heterocycles. The minimum Gasteiger partial charge on any atom is -0.506 e. The van der Waals surface area contributed by atoms with E-state index < -0.39 is 40.3 Å². The van der Waals surface area contributed by atoms with Crippen molar-refractivity contribution in [2.75, 3.05) is 19.5 Å². The number of phenolic OH excluding ortho intramolecular Hbond substituents is 1. The van der Waals surface area contributed by atoms with E-state index in [1.165, 1.54) is 50.1 Å². The average Bonchev–Trinajstić information content (AvgIpc) is 3.26. The van der Waals surface area contributed by atoms with E-state index >= 15 is 0 Å². The molecule has 3 unspecified atom stereocenters. The number of ether oxygens (including phenoxy) is 3. The van der Waals surface area contributed by atoms with Gasteiger partial charge >= 0.3 is 5.69 Å². The van der Waals surface area contributed by atoms with E-state index in [1.54, 1.807) is 6.92 Å². The van der Waals surface area contributed by atoms with Crippen LogP contribution in [0.2, 0.25) is 10.0 Å². The zero-order chi connectivity index (χ0) is 29.5. The van der Waals surface area contributed by atoms with Crippen molar-refractivity contribution in [3.05, 3.63) is 83.1 Å². The fourth-order valence-electron chi connectivity index (χ4n) is 6.00. The van der Waals surface area contributed by atoms with Gasteiger partial charge in [-0.15, -0.1) is 0 Å². The number of hydrogen-bond donors (Lipinski definition) is 3. The Balaban J connectivity index is 1.61. The van der Waals surface area contributed by atoms with Crippen molar-refractivity contribution >= 4 is 40.6 Å². The van der Waals surface area contributed by atoms with Gasteiger partial charge in [0.25, 0.3) is 5.56 Å². The molecule has 1 spiro atoms. The lowest BCUT2D eigenvalue weighted by atomic mass is 9.66. The third kappa shape index (κ3) is 3.51. The summed E-state index contributed by atoms with van der Waals surface area (Å²) in [6, 6.07) is 5.74. The summed E-state index contributed by atoms with van der Waals surface area (Å²) in [7, 11) is 4.25. The highest BCUT2D eigenvalue weighted by molar-refractivity contribution is 6.36. The molecule has 3 aliphatic rings. The number of H-pyrrole nitrogens is 1. The van der Waals surface area contributed by atoms with E-state index in [2.05, 4.69) is 10.3 Å². The van der Waals surface area contributed by atoms with Gasteiger partial charge in [-0.1, -0.05) is 36.2 Å².